The Kier molecular flexibility index (Phi) is 5.71. The van der Waals surface area contributed by atoms with Crippen LogP contribution in [-0.4, -0.2) is 30.8 Å². The third-order valence-corrected chi connectivity index (χ3v) is 6.15. The molecule has 1 aliphatic heterocycles. The Morgan fingerprint density at radius 1 is 1.28 bits per heavy atom. The number of methoxy groups -OCH3 is 1. The quantitative estimate of drug-likeness (QED) is 0.414. The molecule has 0 saturated carbocycles. The van der Waals surface area contributed by atoms with Crippen LogP contribution in [0.1, 0.15) is 68.6 Å². The number of hydrogen-bond acceptors (Lipinski definition) is 5. The molecule has 0 saturated heterocycles. The summed E-state index contributed by atoms with van der Waals surface area (Å²) in [5.41, 5.74) is 6.77. The molecule has 0 aliphatic carbocycles. The van der Waals surface area contributed by atoms with Gasteiger partial charge in [-0.3, -0.25) is 4.79 Å². The molecular weight excluding hydrogens is 402 g/mol. The predicted octanol–water partition coefficient (Wildman–Crippen LogP) is 5.71. The van der Waals surface area contributed by atoms with Crippen molar-refractivity contribution in [1.82, 2.24) is 5.43 Å². The van der Waals surface area contributed by atoms with Crippen LogP contribution in [0.3, 0.4) is 0 Å². The van der Waals surface area contributed by atoms with Gasteiger partial charge in [0.15, 0.2) is 17.1 Å². The van der Waals surface area contributed by atoms with Gasteiger partial charge in [-0.25, -0.2) is 5.43 Å². The average Bonchev–Trinajstić information content (AvgIpc) is 3.17. The Balaban J connectivity index is 1.52. The van der Waals surface area contributed by atoms with Crippen molar-refractivity contribution >= 4 is 28.8 Å². The minimum atomic E-state index is -0.404. The summed E-state index contributed by atoms with van der Waals surface area (Å²) in [6, 6.07) is 14.0. The van der Waals surface area contributed by atoms with Gasteiger partial charge in [0.05, 0.1) is 13.3 Å². The number of hydrogen-bond donors (Lipinski definition) is 1. The molecule has 2 heterocycles. The number of nitrogens with zero attached hydrogens (tertiary/aromatic N) is 2. The second-order valence-electron chi connectivity index (χ2n) is 9.39. The lowest BCUT2D eigenvalue weighted by atomic mass is 9.79. The lowest BCUT2D eigenvalue weighted by Crippen LogP contribution is -2.51. The van der Waals surface area contributed by atoms with E-state index in [0.717, 1.165) is 17.4 Å². The number of rotatable bonds is 5. The van der Waals surface area contributed by atoms with Crippen LogP contribution in [0.25, 0.3) is 11.0 Å². The molecule has 168 valence electrons. The smallest absolute Gasteiger partial charge is 0.307 e. The van der Waals surface area contributed by atoms with Gasteiger partial charge < -0.3 is 14.1 Å². The Morgan fingerprint density at radius 2 is 2.06 bits per heavy atom. The van der Waals surface area contributed by atoms with E-state index in [-0.39, 0.29) is 11.3 Å². The minimum Gasteiger partial charge on any atom is -0.493 e. The number of fused-ring (bicyclic) bond motifs is 2. The van der Waals surface area contributed by atoms with Crippen LogP contribution >= 0.6 is 0 Å². The first-order chi connectivity index (χ1) is 15.2. The van der Waals surface area contributed by atoms with Crippen molar-refractivity contribution in [3.8, 4) is 5.75 Å². The molecule has 3 aromatic rings. The molecule has 0 spiro atoms. The maximum absolute atomic E-state index is 12.5. The van der Waals surface area contributed by atoms with Gasteiger partial charge in [-0.1, -0.05) is 25.1 Å². The van der Waals surface area contributed by atoms with Crippen LogP contribution in [0.2, 0.25) is 0 Å². The molecule has 0 unspecified atom stereocenters. The molecule has 1 atom stereocenters. The summed E-state index contributed by atoms with van der Waals surface area (Å²) in [7, 11) is 1.57. The van der Waals surface area contributed by atoms with Gasteiger partial charge in [0, 0.05) is 22.7 Å². The van der Waals surface area contributed by atoms with E-state index in [1.54, 1.807) is 25.5 Å². The Hall–Kier alpha value is -3.28. The maximum Gasteiger partial charge on any atom is 0.307 e. The van der Waals surface area contributed by atoms with Crippen LogP contribution in [0.4, 0.5) is 5.69 Å². The molecule has 0 fully saturated rings. The molecule has 1 aliphatic rings. The van der Waals surface area contributed by atoms with Crippen molar-refractivity contribution < 1.29 is 13.9 Å². The molecular formula is C26H31N3O3. The van der Waals surface area contributed by atoms with Crippen LogP contribution in [-0.2, 0) is 0 Å². The van der Waals surface area contributed by atoms with Crippen LogP contribution in [0, 0.1) is 0 Å². The first kappa shape index (κ1) is 21.9. The van der Waals surface area contributed by atoms with Crippen molar-refractivity contribution in [1.29, 1.82) is 0 Å². The van der Waals surface area contributed by atoms with Gasteiger partial charge in [-0.05, 0) is 75.4 Å². The van der Waals surface area contributed by atoms with Crippen LogP contribution in [0.15, 0.2) is 52.0 Å². The second-order valence-corrected chi connectivity index (χ2v) is 9.39. The van der Waals surface area contributed by atoms with Crippen LogP contribution < -0.4 is 15.1 Å². The minimum absolute atomic E-state index is 0.111. The molecule has 4 rings (SSSR count). The fourth-order valence-electron chi connectivity index (χ4n) is 5.06. The molecule has 2 aromatic carbocycles. The second kappa shape index (κ2) is 8.34. The van der Waals surface area contributed by atoms with Gasteiger partial charge >= 0.3 is 5.91 Å². The lowest BCUT2D eigenvalue weighted by molar-refractivity contribution is 0.0929. The lowest BCUT2D eigenvalue weighted by Gasteiger charge is -2.50. The number of para-hydroxylation sites is 1. The normalized spacial score (nSPS) is 17.7. The highest BCUT2D eigenvalue weighted by atomic mass is 16.5. The van der Waals surface area contributed by atoms with E-state index < -0.39 is 5.91 Å². The SMILES string of the molecule is COc1cccc2cc(C(=O)N/N=C\c3ccc4c(c3)[C@H](C)CC(C)(C)N4C(C)C)oc12. The summed E-state index contributed by atoms with van der Waals surface area (Å²) in [5, 5.41) is 4.96. The third kappa shape index (κ3) is 3.97. The van der Waals surface area contributed by atoms with E-state index in [4.69, 9.17) is 9.15 Å². The summed E-state index contributed by atoms with van der Waals surface area (Å²) in [4.78, 5) is 15.0. The molecule has 6 nitrogen and oxygen atoms in total. The zero-order valence-electron chi connectivity index (χ0n) is 19.6. The van der Waals surface area contributed by atoms with Gasteiger partial charge in [0.25, 0.3) is 0 Å². The molecule has 1 N–H and O–H groups in total. The highest BCUT2D eigenvalue weighted by Crippen LogP contribution is 2.44. The van der Waals surface area contributed by atoms with E-state index in [0.29, 0.717) is 23.3 Å². The number of benzene rings is 2. The summed E-state index contributed by atoms with van der Waals surface area (Å²) >= 11 is 0. The fourth-order valence-corrected chi connectivity index (χ4v) is 5.06. The Bertz CT molecular complexity index is 1180. The molecule has 0 bridgehead atoms. The third-order valence-electron chi connectivity index (χ3n) is 6.15. The molecule has 6 heteroatoms. The van der Waals surface area contributed by atoms with Gasteiger partial charge in [-0.15, -0.1) is 0 Å². The number of hydrazone groups is 1. The number of carbonyl (C=O) groups excluding carboxylic acids is 1. The van der Waals surface area contributed by atoms with Crippen LogP contribution in [0.5, 0.6) is 5.75 Å². The van der Waals surface area contributed by atoms with Gasteiger partial charge in [-0.2, -0.15) is 5.10 Å². The number of nitrogens with one attached hydrogen (secondary N) is 1. The van der Waals surface area contributed by atoms with Crippen molar-refractivity contribution in [2.24, 2.45) is 5.10 Å². The van der Waals surface area contributed by atoms with E-state index >= 15 is 0 Å². The summed E-state index contributed by atoms with van der Waals surface area (Å²) < 4.78 is 11.0. The molecule has 32 heavy (non-hydrogen) atoms. The van der Waals surface area contributed by atoms with E-state index in [1.807, 2.05) is 18.2 Å². The summed E-state index contributed by atoms with van der Waals surface area (Å²) in [6.45, 7) is 11.4. The number of amides is 1. The largest absolute Gasteiger partial charge is 0.493 e. The fraction of sp³-hybridized carbons (Fsp3) is 0.385. The standard InChI is InChI=1S/C26H31N3O3/c1-16(2)29-21-11-10-18(12-20(21)17(3)14-26(29,4)5)15-27-28-25(30)23-13-19-8-7-9-22(31-6)24(19)32-23/h7-13,15-17H,14H2,1-6H3,(H,28,30)/b27-15-/t17-/m1/s1. The first-order valence-electron chi connectivity index (χ1n) is 11.0. The summed E-state index contributed by atoms with van der Waals surface area (Å²) in [6.07, 6.45) is 2.76. The van der Waals surface area contributed by atoms with Crippen molar-refractivity contribution in [2.45, 2.75) is 58.5 Å². The topological polar surface area (TPSA) is 67.1 Å². The molecule has 1 amide bonds. The average molecular weight is 434 g/mol. The number of furan rings is 1. The highest BCUT2D eigenvalue weighted by molar-refractivity contribution is 5.97. The monoisotopic (exact) mass is 433 g/mol. The zero-order chi connectivity index (χ0) is 23.0. The molecule has 1 aromatic heterocycles. The number of carbonyl (C=O) groups is 1. The highest BCUT2D eigenvalue weighted by Gasteiger charge is 2.37. The van der Waals surface area contributed by atoms with Crippen molar-refractivity contribution in [2.75, 3.05) is 12.0 Å². The predicted molar refractivity (Wildman–Crippen MR) is 129 cm³/mol. The molecule has 0 radical (unpaired) electrons. The maximum atomic E-state index is 12.5. The zero-order valence-corrected chi connectivity index (χ0v) is 19.6. The first-order valence-corrected chi connectivity index (χ1v) is 11.0. The van der Waals surface area contributed by atoms with Gasteiger partial charge in [0.1, 0.15) is 0 Å². The van der Waals surface area contributed by atoms with E-state index in [2.05, 4.69) is 62.2 Å². The summed E-state index contributed by atoms with van der Waals surface area (Å²) in [5.74, 6) is 0.824. The Morgan fingerprint density at radius 3 is 2.78 bits per heavy atom. The van der Waals surface area contributed by atoms with Gasteiger partial charge in [0.2, 0.25) is 0 Å². The number of anilines is 1. The Labute approximate surface area is 189 Å². The van der Waals surface area contributed by atoms with E-state index in [9.17, 15) is 4.79 Å². The van der Waals surface area contributed by atoms with Crippen molar-refractivity contribution in [3.63, 3.8) is 0 Å². The van der Waals surface area contributed by atoms with E-state index in [1.165, 1.54) is 11.3 Å². The van der Waals surface area contributed by atoms with Crippen molar-refractivity contribution in [3.05, 3.63) is 59.4 Å². The number of ether oxygens (including phenoxy) is 1.